The number of hydrogen-bond acceptors (Lipinski definition) is 6. The summed E-state index contributed by atoms with van der Waals surface area (Å²) < 4.78 is 33.6. The van der Waals surface area contributed by atoms with Crippen molar-refractivity contribution in [3.63, 3.8) is 0 Å². The number of benzene rings is 1. The van der Waals surface area contributed by atoms with Gasteiger partial charge in [0.2, 0.25) is 21.8 Å². The molecule has 182 valence electrons. The summed E-state index contributed by atoms with van der Waals surface area (Å²) in [4.78, 5) is 28.9. The average Bonchev–Trinajstić information content (AvgIpc) is 3.66. The number of ether oxygens (including phenoxy) is 1. The van der Waals surface area contributed by atoms with Crippen LogP contribution in [0, 0.1) is 5.92 Å². The van der Waals surface area contributed by atoms with E-state index in [1.165, 1.54) is 10.4 Å². The van der Waals surface area contributed by atoms with Gasteiger partial charge >= 0.3 is 0 Å². The first-order valence-electron chi connectivity index (χ1n) is 12.0. The van der Waals surface area contributed by atoms with Crippen molar-refractivity contribution in [2.24, 2.45) is 5.92 Å². The zero-order chi connectivity index (χ0) is 23.4. The lowest BCUT2D eigenvalue weighted by atomic mass is 10.2. The summed E-state index contributed by atoms with van der Waals surface area (Å²) in [7, 11) is -3.71. The van der Waals surface area contributed by atoms with E-state index in [1.807, 2.05) is 16.7 Å². The number of rotatable bonds is 8. The maximum Gasteiger partial charge on any atom is 0.246 e. The van der Waals surface area contributed by atoms with Gasteiger partial charge in [-0.05, 0) is 50.8 Å². The van der Waals surface area contributed by atoms with Crippen LogP contribution in [0.5, 0.6) is 5.75 Å². The molecule has 2 saturated heterocycles. The molecule has 1 saturated carbocycles. The molecule has 2 amide bonds. The Morgan fingerprint density at radius 3 is 2.36 bits per heavy atom. The number of nitrogens with zero attached hydrogens (tertiary/aromatic N) is 3. The van der Waals surface area contributed by atoms with Crippen LogP contribution in [0.15, 0.2) is 23.1 Å². The van der Waals surface area contributed by atoms with Crippen molar-refractivity contribution in [3.05, 3.63) is 18.2 Å². The number of carbonyl (C=O) groups is 2. The zero-order valence-electron chi connectivity index (χ0n) is 19.3. The Morgan fingerprint density at radius 2 is 1.73 bits per heavy atom. The highest BCUT2D eigenvalue weighted by atomic mass is 32.2. The molecule has 0 spiro atoms. The second-order valence-corrected chi connectivity index (χ2v) is 10.9. The summed E-state index contributed by atoms with van der Waals surface area (Å²) in [5.41, 5.74) is 0.432. The van der Waals surface area contributed by atoms with Gasteiger partial charge in [0.25, 0.3) is 0 Å². The highest BCUT2D eigenvalue weighted by Gasteiger charge is 2.35. The van der Waals surface area contributed by atoms with Crippen molar-refractivity contribution in [3.8, 4) is 5.75 Å². The minimum atomic E-state index is -3.71. The van der Waals surface area contributed by atoms with Gasteiger partial charge in [-0.25, -0.2) is 8.42 Å². The lowest BCUT2D eigenvalue weighted by Gasteiger charge is -2.34. The molecular weight excluding hydrogens is 444 g/mol. The van der Waals surface area contributed by atoms with Gasteiger partial charge in [0, 0.05) is 50.9 Å². The topological polar surface area (TPSA) is 99.3 Å². The van der Waals surface area contributed by atoms with Crippen LogP contribution >= 0.6 is 0 Å². The largest absolute Gasteiger partial charge is 0.492 e. The maximum absolute atomic E-state index is 13.3. The zero-order valence-corrected chi connectivity index (χ0v) is 20.1. The van der Waals surface area contributed by atoms with E-state index in [0.717, 1.165) is 32.1 Å². The molecule has 33 heavy (non-hydrogen) atoms. The molecule has 2 heterocycles. The smallest absolute Gasteiger partial charge is 0.246 e. The van der Waals surface area contributed by atoms with Crippen LogP contribution in [0.4, 0.5) is 5.69 Å². The predicted octanol–water partition coefficient (Wildman–Crippen LogP) is 1.75. The van der Waals surface area contributed by atoms with Crippen LogP contribution in [-0.4, -0.2) is 86.8 Å². The number of piperidine rings is 1. The highest BCUT2D eigenvalue weighted by Crippen LogP contribution is 2.32. The normalized spacial score (nSPS) is 20.5. The van der Waals surface area contributed by atoms with Crippen LogP contribution in [-0.2, 0) is 19.6 Å². The Kier molecular flexibility index (Phi) is 7.55. The minimum Gasteiger partial charge on any atom is -0.492 e. The van der Waals surface area contributed by atoms with Crippen molar-refractivity contribution in [1.29, 1.82) is 0 Å². The standard InChI is InChI=1S/C23H34N4O5S/c1-2-32-20-9-8-19(16-21(20)33(30,31)27-10-4-3-5-11-27)24-22(28)17-25-12-14-26(15-13-25)23(29)18-6-7-18/h8-9,16,18H,2-7,10-15,17H2,1H3,(H,24,28). The number of anilines is 1. The first kappa shape index (κ1) is 24.0. The van der Waals surface area contributed by atoms with E-state index in [9.17, 15) is 18.0 Å². The fraction of sp³-hybridized carbons (Fsp3) is 0.652. The molecule has 0 radical (unpaired) electrons. The number of hydrogen-bond donors (Lipinski definition) is 1. The Balaban J connectivity index is 1.39. The molecule has 1 aromatic rings. The summed E-state index contributed by atoms with van der Waals surface area (Å²) in [6.07, 6.45) is 4.72. The number of carbonyl (C=O) groups excluding carboxylic acids is 2. The Labute approximate surface area is 196 Å². The lowest BCUT2D eigenvalue weighted by molar-refractivity contribution is -0.134. The third kappa shape index (κ3) is 5.85. The summed E-state index contributed by atoms with van der Waals surface area (Å²) in [5.74, 6) is 0.561. The molecule has 1 aliphatic carbocycles. The SMILES string of the molecule is CCOc1ccc(NC(=O)CN2CCN(C(=O)C3CC3)CC2)cc1S(=O)(=O)N1CCCCC1. The third-order valence-electron chi connectivity index (χ3n) is 6.44. The first-order valence-corrected chi connectivity index (χ1v) is 13.4. The number of piperazine rings is 1. The molecule has 0 aromatic heterocycles. The molecule has 1 N–H and O–H groups in total. The van der Waals surface area contributed by atoms with Crippen LogP contribution in [0.2, 0.25) is 0 Å². The molecule has 0 atom stereocenters. The summed E-state index contributed by atoms with van der Waals surface area (Å²) in [6, 6.07) is 4.78. The van der Waals surface area contributed by atoms with E-state index in [4.69, 9.17) is 4.74 Å². The Hall–Kier alpha value is -2.17. The van der Waals surface area contributed by atoms with Crippen molar-refractivity contribution >= 4 is 27.5 Å². The fourth-order valence-electron chi connectivity index (χ4n) is 4.42. The fourth-order valence-corrected chi connectivity index (χ4v) is 6.10. The monoisotopic (exact) mass is 478 g/mol. The summed E-state index contributed by atoms with van der Waals surface area (Å²) >= 11 is 0. The molecule has 3 aliphatic rings. The summed E-state index contributed by atoms with van der Waals surface area (Å²) in [5, 5.41) is 2.84. The molecule has 0 unspecified atom stereocenters. The quantitative estimate of drug-likeness (QED) is 0.611. The van der Waals surface area contributed by atoms with Crippen LogP contribution in [0.1, 0.15) is 39.0 Å². The van der Waals surface area contributed by atoms with E-state index >= 15 is 0 Å². The van der Waals surface area contributed by atoms with Gasteiger partial charge in [-0.1, -0.05) is 6.42 Å². The Morgan fingerprint density at radius 1 is 1.03 bits per heavy atom. The van der Waals surface area contributed by atoms with Crippen molar-refractivity contribution in [1.82, 2.24) is 14.1 Å². The van der Waals surface area contributed by atoms with Gasteiger partial charge in [-0.2, -0.15) is 4.31 Å². The second kappa shape index (κ2) is 10.4. The molecule has 10 heteroatoms. The predicted molar refractivity (Wildman–Crippen MR) is 125 cm³/mol. The second-order valence-electron chi connectivity index (χ2n) is 8.98. The van der Waals surface area contributed by atoms with Gasteiger partial charge < -0.3 is 15.0 Å². The maximum atomic E-state index is 13.3. The van der Waals surface area contributed by atoms with E-state index in [-0.39, 0.29) is 29.2 Å². The van der Waals surface area contributed by atoms with Crippen molar-refractivity contribution < 1.29 is 22.7 Å². The molecule has 0 bridgehead atoms. The molecule has 2 aliphatic heterocycles. The summed E-state index contributed by atoms with van der Waals surface area (Å²) in [6.45, 7) is 5.96. The number of sulfonamides is 1. The van der Waals surface area contributed by atoms with Gasteiger partial charge in [-0.3, -0.25) is 14.5 Å². The minimum absolute atomic E-state index is 0.0938. The Bertz CT molecular complexity index is 965. The van der Waals surface area contributed by atoms with Gasteiger partial charge in [0.15, 0.2) is 0 Å². The van der Waals surface area contributed by atoms with E-state index in [1.54, 1.807) is 12.1 Å². The van der Waals surface area contributed by atoms with Crippen molar-refractivity contribution in [2.45, 2.75) is 43.9 Å². The van der Waals surface area contributed by atoms with Gasteiger partial charge in [0.05, 0.1) is 13.2 Å². The van der Waals surface area contributed by atoms with E-state index < -0.39 is 10.0 Å². The van der Waals surface area contributed by atoms with Crippen LogP contribution in [0.3, 0.4) is 0 Å². The molecule has 4 rings (SSSR count). The number of nitrogens with one attached hydrogen (secondary N) is 1. The van der Waals surface area contributed by atoms with E-state index in [2.05, 4.69) is 5.32 Å². The lowest BCUT2D eigenvalue weighted by Crippen LogP contribution is -2.50. The van der Waals surface area contributed by atoms with Gasteiger partial charge in [0.1, 0.15) is 10.6 Å². The van der Waals surface area contributed by atoms with Crippen LogP contribution in [0.25, 0.3) is 0 Å². The molecule has 3 fully saturated rings. The highest BCUT2D eigenvalue weighted by molar-refractivity contribution is 7.89. The van der Waals surface area contributed by atoms with Crippen molar-refractivity contribution in [2.75, 3.05) is 57.7 Å². The van der Waals surface area contributed by atoms with Gasteiger partial charge in [-0.15, -0.1) is 0 Å². The third-order valence-corrected chi connectivity index (χ3v) is 8.36. The molecule has 1 aromatic carbocycles. The van der Waals surface area contributed by atoms with E-state index in [0.29, 0.717) is 57.3 Å². The molecular formula is C23H34N4O5S. The average molecular weight is 479 g/mol. The molecule has 9 nitrogen and oxygen atoms in total. The van der Waals surface area contributed by atoms with Crippen LogP contribution < -0.4 is 10.1 Å². The first-order chi connectivity index (χ1) is 15.9. The number of amides is 2.